The first-order chi connectivity index (χ1) is 9.05. The molecule has 2 amide bonds. The summed E-state index contributed by atoms with van der Waals surface area (Å²) in [5, 5.41) is 9.14. The highest BCUT2D eigenvalue weighted by Crippen LogP contribution is 2.16. The number of carboxylic acids is 1. The van der Waals surface area contributed by atoms with E-state index in [1.54, 1.807) is 20.8 Å². The summed E-state index contributed by atoms with van der Waals surface area (Å²) in [6, 6.07) is -0.778. The molecule has 20 heavy (non-hydrogen) atoms. The summed E-state index contributed by atoms with van der Waals surface area (Å²) in [4.78, 5) is 37.4. The Labute approximate surface area is 119 Å². The second kappa shape index (κ2) is 7.12. The lowest BCUT2D eigenvalue weighted by Gasteiger charge is -2.37. The van der Waals surface area contributed by atoms with E-state index in [0.717, 1.165) is 4.90 Å². The molecule has 0 unspecified atom stereocenters. The van der Waals surface area contributed by atoms with Crippen molar-refractivity contribution < 1.29 is 24.2 Å². The highest BCUT2D eigenvalue weighted by molar-refractivity contribution is 5.87. The predicted molar refractivity (Wildman–Crippen MR) is 73.3 cm³/mol. The third-order valence-electron chi connectivity index (χ3n) is 3.12. The number of carbonyl (C=O) groups is 3. The van der Waals surface area contributed by atoms with Gasteiger partial charge in [0, 0.05) is 13.1 Å². The molecule has 0 heterocycles. The fourth-order valence-electron chi connectivity index (χ4n) is 1.39. The van der Waals surface area contributed by atoms with Crippen LogP contribution < -0.4 is 0 Å². The molecule has 0 rings (SSSR count). The first-order valence-electron chi connectivity index (χ1n) is 6.49. The van der Waals surface area contributed by atoms with Gasteiger partial charge in [-0.3, -0.25) is 4.79 Å². The van der Waals surface area contributed by atoms with E-state index in [-0.39, 0.29) is 19.2 Å². The van der Waals surface area contributed by atoms with Crippen molar-refractivity contribution in [1.29, 1.82) is 0 Å². The molecule has 0 spiro atoms. The van der Waals surface area contributed by atoms with Crippen LogP contribution in [-0.2, 0) is 14.3 Å². The normalized spacial score (nSPS) is 11.2. The van der Waals surface area contributed by atoms with Crippen molar-refractivity contribution in [2.24, 2.45) is 0 Å². The summed E-state index contributed by atoms with van der Waals surface area (Å²) in [5.74, 6) is -1.63. The lowest BCUT2D eigenvalue weighted by molar-refractivity contribution is -0.147. The molecule has 116 valence electrons. The van der Waals surface area contributed by atoms with Crippen LogP contribution in [0.3, 0.4) is 0 Å². The molecule has 0 aromatic rings. The van der Waals surface area contributed by atoms with E-state index in [1.807, 2.05) is 0 Å². The molecule has 0 atom stereocenters. The van der Waals surface area contributed by atoms with Gasteiger partial charge in [-0.1, -0.05) is 0 Å². The van der Waals surface area contributed by atoms with Crippen LogP contribution in [0, 0.1) is 0 Å². The van der Waals surface area contributed by atoms with E-state index in [1.165, 1.54) is 25.8 Å². The van der Waals surface area contributed by atoms with Crippen LogP contribution in [0.15, 0.2) is 0 Å². The van der Waals surface area contributed by atoms with E-state index in [2.05, 4.69) is 0 Å². The Morgan fingerprint density at radius 3 is 2.10 bits per heavy atom. The van der Waals surface area contributed by atoms with E-state index < -0.39 is 23.5 Å². The Morgan fingerprint density at radius 2 is 1.75 bits per heavy atom. The first kappa shape index (κ1) is 18.2. The van der Waals surface area contributed by atoms with E-state index in [4.69, 9.17) is 9.84 Å². The molecule has 0 aliphatic rings. The number of hydrogen-bond donors (Lipinski definition) is 1. The molecule has 0 aromatic carbocycles. The van der Waals surface area contributed by atoms with Crippen LogP contribution in [0.2, 0.25) is 0 Å². The molecule has 0 aromatic heterocycles. The minimum Gasteiger partial charge on any atom is -0.480 e. The first-order valence-corrected chi connectivity index (χ1v) is 6.49. The van der Waals surface area contributed by atoms with Crippen molar-refractivity contribution in [2.75, 3.05) is 20.2 Å². The van der Waals surface area contributed by atoms with Gasteiger partial charge in [0.25, 0.3) is 0 Å². The van der Waals surface area contributed by atoms with Gasteiger partial charge in [-0.25, -0.2) is 9.59 Å². The van der Waals surface area contributed by atoms with Crippen LogP contribution in [0.4, 0.5) is 4.79 Å². The molecule has 0 aliphatic carbocycles. The van der Waals surface area contributed by atoms with E-state index >= 15 is 0 Å². The fraction of sp³-hybridized carbons (Fsp3) is 0.769. The van der Waals surface area contributed by atoms with Crippen molar-refractivity contribution in [3.63, 3.8) is 0 Å². The SMILES string of the molecule is CCOC(=O)CN(C(=O)N(C)C(C)(C)C(=O)O)C(C)C. The van der Waals surface area contributed by atoms with Crippen molar-refractivity contribution in [2.45, 2.75) is 46.2 Å². The zero-order valence-corrected chi connectivity index (χ0v) is 13.0. The second-order valence-corrected chi connectivity index (χ2v) is 5.23. The zero-order chi connectivity index (χ0) is 16.1. The summed E-state index contributed by atoms with van der Waals surface area (Å²) in [6.07, 6.45) is 0. The van der Waals surface area contributed by atoms with Crippen molar-refractivity contribution in [1.82, 2.24) is 9.80 Å². The van der Waals surface area contributed by atoms with Crippen LogP contribution in [0.5, 0.6) is 0 Å². The molecule has 0 bridgehead atoms. The number of hydrogen-bond acceptors (Lipinski definition) is 4. The summed E-state index contributed by atoms with van der Waals surface area (Å²) >= 11 is 0. The highest BCUT2D eigenvalue weighted by atomic mass is 16.5. The van der Waals surface area contributed by atoms with E-state index in [9.17, 15) is 14.4 Å². The van der Waals surface area contributed by atoms with Gasteiger partial charge >= 0.3 is 18.0 Å². The number of nitrogens with zero attached hydrogens (tertiary/aromatic N) is 2. The van der Waals surface area contributed by atoms with Gasteiger partial charge in [0.05, 0.1) is 6.61 Å². The number of amides is 2. The minimum absolute atomic E-state index is 0.204. The topological polar surface area (TPSA) is 87.2 Å². The molecule has 0 fully saturated rings. The summed E-state index contributed by atoms with van der Waals surface area (Å²) in [6.45, 7) is 8.06. The molecule has 7 heteroatoms. The highest BCUT2D eigenvalue weighted by Gasteiger charge is 2.38. The third kappa shape index (κ3) is 4.40. The van der Waals surface area contributed by atoms with Gasteiger partial charge in [0.1, 0.15) is 12.1 Å². The Kier molecular flexibility index (Phi) is 6.48. The molecule has 1 N–H and O–H groups in total. The smallest absolute Gasteiger partial charge is 0.329 e. The number of ether oxygens (including phenoxy) is 1. The maximum atomic E-state index is 12.4. The van der Waals surface area contributed by atoms with Crippen molar-refractivity contribution >= 4 is 18.0 Å². The van der Waals surface area contributed by atoms with Gasteiger partial charge in [-0.2, -0.15) is 0 Å². The summed E-state index contributed by atoms with van der Waals surface area (Å²) in [5.41, 5.74) is -1.36. The van der Waals surface area contributed by atoms with Crippen LogP contribution in [-0.4, -0.2) is 64.7 Å². The Morgan fingerprint density at radius 1 is 1.25 bits per heavy atom. The standard InChI is InChI=1S/C13H24N2O5/c1-7-20-10(16)8-15(9(2)3)12(19)14(6)13(4,5)11(17)18/h9H,7-8H2,1-6H3,(H,17,18). The van der Waals surface area contributed by atoms with Crippen LogP contribution in [0.1, 0.15) is 34.6 Å². The second-order valence-electron chi connectivity index (χ2n) is 5.23. The Balaban J connectivity index is 5.07. The van der Waals surface area contributed by atoms with Gasteiger partial charge in [0.2, 0.25) is 0 Å². The van der Waals surface area contributed by atoms with Gasteiger partial charge < -0.3 is 19.6 Å². The minimum atomic E-state index is -1.36. The molecule has 0 saturated heterocycles. The molecular formula is C13H24N2O5. The average Bonchev–Trinajstić information content (AvgIpc) is 2.33. The molecular weight excluding hydrogens is 264 g/mol. The number of carboxylic acid groups (broad SMARTS) is 1. The number of urea groups is 1. The average molecular weight is 288 g/mol. The Hall–Kier alpha value is -1.79. The third-order valence-corrected chi connectivity index (χ3v) is 3.12. The van der Waals surface area contributed by atoms with E-state index in [0.29, 0.717) is 0 Å². The Bertz CT molecular complexity index is 379. The molecule has 7 nitrogen and oxygen atoms in total. The largest absolute Gasteiger partial charge is 0.480 e. The van der Waals surface area contributed by atoms with Gasteiger partial charge in [-0.15, -0.1) is 0 Å². The number of carbonyl (C=O) groups excluding carboxylic acids is 2. The van der Waals surface area contributed by atoms with Gasteiger partial charge in [-0.05, 0) is 34.6 Å². The van der Waals surface area contributed by atoms with Crippen molar-refractivity contribution in [3.05, 3.63) is 0 Å². The summed E-state index contributed by atoms with van der Waals surface area (Å²) in [7, 11) is 1.40. The summed E-state index contributed by atoms with van der Waals surface area (Å²) < 4.78 is 4.82. The molecule has 0 saturated carbocycles. The maximum Gasteiger partial charge on any atom is 0.329 e. The van der Waals surface area contributed by atoms with Crippen molar-refractivity contribution in [3.8, 4) is 0 Å². The lowest BCUT2D eigenvalue weighted by Crippen LogP contribution is -2.57. The van der Waals surface area contributed by atoms with Gasteiger partial charge in [0.15, 0.2) is 0 Å². The zero-order valence-electron chi connectivity index (χ0n) is 13.0. The molecule has 0 aliphatic heterocycles. The number of esters is 1. The van der Waals surface area contributed by atoms with Crippen LogP contribution in [0.25, 0.3) is 0 Å². The number of likely N-dealkylation sites (N-methyl/N-ethyl adjacent to an activating group) is 1. The number of rotatable bonds is 6. The lowest BCUT2D eigenvalue weighted by atomic mass is 10.0. The molecule has 0 radical (unpaired) electrons. The maximum absolute atomic E-state index is 12.4. The monoisotopic (exact) mass is 288 g/mol. The van der Waals surface area contributed by atoms with Crippen LogP contribution >= 0.6 is 0 Å². The predicted octanol–water partition coefficient (Wildman–Crippen LogP) is 1.17. The number of aliphatic carboxylic acids is 1. The quantitative estimate of drug-likeness (QED) is 0.741. The fourth-order valence-corrected chi connectivity index (χ4v) is 1.39.